The van der Waals surface area contributed by atoms with Crippen LogP contribution in [0, 0.1) is 17.6 Å². The van der Waals surface area contributed by atoms with Crippen LogP contribution in [0.2, 0.25) is 5.02 Å². The molecule has 0 bridgehead atoms. The number of aromatic nitrogens is 2. The lowest BCUT2D eigenvalue weighted by atomic mass is 9.78. The third-order valence-corrected chi connectivity index (χ3v) is 9.45. The van der Waals surface area contributed by atoms with Crippen LogP contribution in [0.5, 0.6) is 0 Å². The Hall–Kier alpha value is -4.42. The second-order valence-corrected chi connectivity index (χ2v) is 13.1. The lowest BCUT2D eigenvalue weighted by Crippen LogP contribution is -2.65. The van der Waals surface area contributed by atoms with Gasteiger partial charge in [-0.05, 0) is 65.8 Å². The van der Waals surface area contributed by atoms with Gasteiger partial charge in [-0.15, -0.1) is 0 Å². The van der Waals surface area contributed by atoms with Crippen LogP contribution >= 0.6 is 23.8 Å². The monoisotopic (exact) mass is 694 g/mol. The predicted molar refractivity (Wildman–Crippen MR) is 184 cm³/mol. The summed E-state index contributed by atoms with van der Waals surface area (Å²) in [6.07, 6.45) is 4.51. The van der Waals surface area contributed by atoms with Gasteiger partial charge in [0.15, 0.2) is 0 Å². The van der Waals surface area contributed by atoms with Gasteiger partial charge in [0.1, 0.15) is 23.2 Å². The Labute approximate surface area is 287 Å². The van der Waals surface area contributed by atoms with Gasteiger partial charge in [0.2, 0.25) is 17.7 Å². The first-order valence-electron chi connectivity index (χ1n) is 15.8. The molecule has 252 valence electrons. The van der Waals surface area contributed by atoms with E-state index in [9.17, 15) is 23.2 Å². The number of aryl methyl sites for hydroxylation is 1. The fraction of sp³-hybridized carbons (Fsp3) is 0.343. The number of pyridine rings is 1. The first-order valence-corrected chi connectivity index (χ1v) is 16.6. The molecule has 1 aliphatic rings. The third kappa shape index (κ3) is 7.99. The molecule has 1 unspecified atom stereocenters. The van der Waals surface area contributed by atoms with Gasteiger partial charge in [-0.25, -0.2) is 8.78 Å². The van der Waals surface area contributed by atoms with Crippen LogP contribution in [0.25, 0.3) is 10.9 Å². The molecule has 0 saturated carbocycles. The molecular weight excluding hydrogens is 658 g/mol. The Balaban J connectivity index is 1.38. The molecule has 0 spiro atoms. The molecular formula is C35H37ClF2N6O3S. The van der Waals surface area contributed by atoms with Gasteiger partial charge in [-0.3, -0.25) is 19.4 Å². The summed E-state index contributed by atoms with van der Waals surface area (Å²) in [5.74, 6) is -2.62. The molecule has 9 nitrogen and oxygen atoms in total. The number of amides is 3. The number of carbonyl (C=O) groups is 3. The average Bonchev–Trinajstić information content (AvgIpc) is 3.44. The Bertz CT molecular complexity index is 1840. The minimum absolute atomic E-state index is 0.0191. The number of halogens is 3. The van der Waals surface area contributed by atoms with Crippen molar-refractivity contribution in [3.05, 3.63) is 100.0 Å². The third-order valence-electron chi connectivity index (χ3n) is 8.87. The Morgan fingerprint density at radius 1 is 1.10 bits per heavy atom. The van der Waals surface area contributed by atoms with Crippen LogP contribution < -0.4 is 21.3 Å². The summed E-state index contributed by atoms with van der Waals surface area (Å²) < 4.78 is 28.7. The second-order valence-electron chi connectivity index (χ2n) is 12.2. The van der Waals surface area contributed by atoms with Gasteiger partial charge in [0, 0.05) is 42.9 Å². The van der Waals surface area contributed by atoms with E-state index in [1.807, 2.05) is 13.8 Å². The lowest BCUT2D eigenvalue weighted by molar-refractivity contribution is -0.137. The molecule has 2 aromatic heterocycles. The number of rotatable bonds is 12. The average molecular weight is 695 g/mol. The lowest BCUT2D eigenvalue weighted by Gasteiger charge is -2.38. The largest absolute Gasteiger partial charge is 0.370 e. The van der Waals surface area contributed by atoms with Crippen molar-refractivity contribution in [1.82, 2.24) is 31.2 Å². The number of fused-ring (bicyclic) bond motifs is 3. The minimum atomic E-state index is -1.50. The molecule has 0 fully saturated rings. The standard InChI is InChI=1S/C35H37ClF2N6O3S/c1-3-20(2)31(33(46)41-18-21-9-12-39-13-10-21)43-34(47)35(44-29(45)19-40-30(48)14-22-6-4-5-7-27(22)38)11-8-28-25(17-35)24-15-23(37)16-26(36)32(24)42-28/h4-7,9-10,12-13,15-16,20,31,42H,3,8,11,14,17-19H2,1-2H3,(H,40,48)(H,41,46)(H,43,47)(H,44,45)/t20?,31-,35+/m0/s1. The molecule has 48 heavy (non-hydrogen) atoms. The number of benzene rings is 2. The number of hydrogen-bond donors (Lipinski definition) is 5. The first-order chi connectivity index (χ1) is 23.0. The Kier molecular flexibility index (Phi) is 11.1. The number of nitrogens with one attached hydrogen (secondary N) is 5. The van der Waals surface area contributed by atoms with E-state index >= 15 is 0 Å². The normalized spacial score (nSPS) is 16.8. The van der Waals surface area contributed by atoms with Crippen LogP contribution in [-0.2, 0) is 40.2 Å². The van der Waals surface area contributed by atoms with Crippen molar-refractivity contribution in [3.63, 3.8) is 0 Å². The molecule has 3 atom stereocenters. The highest BCUT2D eigenvalue weighted by atomic mass is 35.5. The topological polar surface area (TPSA) is 128 Å². The van der Waals surface area contributed by atoms with Crippen molar-refractivity contribution in [2.24, 2.45) is 5.92 Å². The van der Waals surface area contributed by atoms with Crippen molar-refractivity contribution in [2.75, 3.05) is 6.54 Å². The van der Waals surface area contributed by atoms with Crippen LogP contribution in [0.3, 0.4) is 0 Å². The van der Waals surface area contributed by atoms with Gasteiger partial charge in [0.05, 0.1) is 22.1 Å². The Morgan fingerprint density at radius 2 is 1.85 bits per heavy atom. The summed E-state index contributed by atoms with van der Waals surface area (Å²) in [7, 11) is 0. The highest BCUT2D eigenvalue weighted by Gasteiger charge is 2.45. The Morgan fingerprint density at radius 3 is 2.58 bits per heavy atom. The van der Waals surface area contributed by atoms with E-state index in [0.29, 0.717) is 34.9 Å². The van der Waals surface area contributed by atoms with Crippen molar-refractivity contribution in [1.29, 1.82) is 0 Å². The number of aromatic amines is 1. The predicted octanol–water partition coefficient (Wildman–Crippen LogP) is 4.85. The molecule has 5 N–H and O–H groups in total. The molecule has 0 saturated heterocycles. The summed E-state index contributed by atoms with van der Waals surface area (Å²) in [4.78, 5) is 48.8. The molecule has 2 heterocycles. The molecule has 1 aliphatic carbocycles. The summed E-state index contributed by atoms with van der Waals surface area (Å²) >= 11 is 11.7. The summed E-state index contributed by atoms with van der Waals surface area (Å²) in [5, 5.41) is 12.3. The summed E-state index contributed by atoms with van der Waals surface area (Å²) in [5.41, 5.74) is 1.71. The minimum Gasteiger partial charge on any atom is -0.370 e. The van der Waals surface area contributed by atoms with Crippen molar-refractivity contribution in [2.45, 2.75) is 64.1 Å². The van der Waals surface area contributed by atoms with E-state index in [1.54, 1.807) is 42.7 Å². The number of nitrogens with zero attached hydrogens (tertiary/aromatic N) is 1. The molecule has 2 aromatic carbocycles. The first kappa shape index (κ1) is 34.9. The zero-order valence-corrected chi connectivity index (χ0v) is 28.2. The second kappa shape index (κ2) is 15.2. The van der Waals surface area contributed by atoms with Crippen LogP contribution in [0.4, 0.5) is 8.78 Å². The molecule has 3 amide bonds. The maximum absolute atomic E-state index is 14.5. The molecule has 13 heteroatoms. The zero-order valence-electron chi connectivity index (χ0n) is 26.6. The quantitative estimate of drug-likeness (QED) is 0.135. The highest BCUT2D eigenvalue weighted by Crippen LogP contribution is 2.37. The van der Waals surface area contributed by atoms with Crippen molar-refractivity contribution < 1.29 is 23.2 Å². The number of H-pyrrole nitrogens is 1. The maximum atomic E-state index is 14.5. The van der Waals surface area contributed by atoms with Gasteiger partial charge in [0.25, 0.3) is 0 Å². The van der Waals surface area contributed by atoms with Crippen molar-refractivity contribution >= 4 is 57.4 Å². The summed E-state index contributed by atoms with van der Waals surface area (Å²) in [6, 6.07) is 11.5. The van der Waals surface area contributed by atoms with E-state index in [-0.39, 0.29) is 54.2 Å². The molecule has 5 rings (SSSR count). The SMILES string of the molecule is CCC(C)[C@H](NC(=O)[C@@]1(NC(=O)CNC(=S)Cc2ccccc2F)CCc2[nH]c3c(Cl)cc(F)cc3c2C1)C(=O)NCc1ccncc1. The van der Waals surface area contributed by atoms with Gasteiger partial charge in [-0.2, -0.15) is 0 Å². The fourth-order valence-electron chi connectivity index (χ4n) is 5.98. The summed E-state index contributed by atoms with van der Waals surface area (Å²) in [6.45, 7) is 3.76. The smallest absolute Gasteiger partial charge is 0.246 e. The number of carbonyl (C=O) groups excluding carboxylic acids is 3. The van der Waals surface area contributed by atoms with E-state index in [1.165, 1.54) is 18.2 Å². The zero-order chi connectivity index (χ0) is 34.4. The highest BCUT2D eigenvalue weighted by molar-refractivity contribution is 7.80. The van der Waals surface area contributed by atoms with Crippen LogP contribution in [0.1, 0.15) is 49.1 Å². The number of thiocarbonyl (C=S) groups is 1. The van der Waals surface area contributed by atoms with E-state index in [4.69, 9.17) is 23.8 Å². The fourth-order valence-corrected chi connectivity index (χ4v) is 6.46. The number of hydrogen-bond acceptors (Lipinski definition) is 5. The van der Waals surface area contributed by atoms with Gasteiger partial charge >= 0.3 is 0 Å². The molecule has 0 radical (unpaired) electrons. The maximum Gasteiger partial charge on any atom is 0.246 e. The van der Waals surface area contributed by atoms with Crippen molar-refractivity contribution in [3.8, 4) is 0 Å². The molecule has 4 aromatic rings. The van der Waals surface area contributed by atoms with Crippen LogP contribution in [0.15, 0.2) is 60.9 Å². The van der Waals surface area contributed by atoms with Gasteiger partial charge in [-0.1, -0.05) is 62.3 Å². The van der Waals surface area contributed by atoms with E-state index in [0.717, 1.165) is 11.3 Å². The van der Waals surface area contributed by atoms with E-state index in [2.05, 4.69) is 31.2 Å². The van der Waals surface area contributed by atoms with Gasteiger partial charge < -0.3 is 26.3 Å². The van der Waals surface area contributed by atoms with Crippen LogP contribution in [-0.4, -0.2) is 50.8 Å². The molecule has 0 aliphatic heterocycles. The van der Waals surface area contributed by atoms with E-state index < -0.39 is 35.0 Å².